The van der Waals surface area contributed by atoms with Crippen molar-refractivity contribution >= 4 is 21.6 Å². The van der Waals surface area contributed by atoms with Gasteiger partial charge in [-0.1, -0.05) is 6.07 Å². The summed E-state index contributed by atoms with van der Waals surface area (Å²) < 4.78 is 28.7. The highest BCUT2D eigenvalue weighted by atomic mass is 32.2. The smallest absolute Gasteiger partial charge is 0.238 e. The summed E-state index contributed by atoms with van der Waals surface area (Å²) in [5.74, 6) is 0.577. The van der Waals surface area contributed by atoms with E-state index in [1.807, 2.05) is 0 Å². The van der Waals surface area contributed by atoms with E-state index in [-0.39, 0.29) is 10.8 Å². The van der Waals surface area contributed by atoms with Crippen molar-refractivity contribution in [3.63, 3.8) is 0 Å². The number of nitrogens with zero attached hydrogens (tertiary/aromatic N) is 2. The van der Waals surface area contributed by atoms with Crippen molar-refractivity contribution in [2.24, 2.45) is 11.1 Å². The highest BCUT2D eigenvalue weighted by Crippen LogP contribution is 2.21. The maximum atomic E-state index is 12.3. The van der Waals surface area contributed by atoms with Gasteiger partial charge in [0.1, 0.15) is 0 Å². The average molecular weight is 439 g/mol. The van der Waals surface area contributed by atoms with Gasteiger partial charge in [-0.05, 0) is 63.9 Å². The predicted octanol–water partition coefficient (Wildman–Crippen LogP) is 1.48. The van der Waals surface area contributed by atoms with E-state index in [0.29, 0.717) is 36.8 Å². The number of rotatable bonds is 7. The van der Waals surface area contributed by atoms with Crippen LogP contribution in [0.3, 0.4) is 0 Å². The summed E-state index contributed by atoms with van der Waals surface area (Å²) in [6.07, 6.45) is 3.29. The number of ether oxygens (including phenoxy) is 1. The largest absolute Gasteiger partial charge is 0.373 e. The van der Waals surface area contributed by atoms with Gasteiger partial charge in [0.25, 0.3) is 0 Å². The summed E-state index contributed by atoms with van der Waals surface area (Å²) in [4.78, 5) is 17.1. The lowest BCUT2D eigenvalue weighted by molar-refractivity contribution is -0.116. The molecule has 30 heavy (non-hydrogen) atoms. The second-order valence-corrected chi connectivity index (χ2v) is 10.2. The molecule has 2 saturated heterocycles. The van der Waals surface area contributed by atoms with Crippen molar-refractivity contribution in [1.82, 2.24) is 9.80 Å². The molecule has 8 nitrogen and oxygen atoms in total. The third-order valence-corrected chi connectivity index (χ3v) is 6.73. The van der Waals surface area contributed by atoms with Crippen LogP contribution in [-0.4, -0.2) is 75.6 Å². The van der Waals surface area contributed by atoms with Crippen LogP contribution in [0.15, 0.2) is 29.2 Å². The van der Waals surface area contributed by atoms with Gasteiger partial charge in [-0.3, -0.25) is 9.69 Å². The normalized spacial score (nSPS) is 24.6. The summed E-state index contributed by atoms with van der Waals surface area (Å²) >= 11 is 0. The number of sulfonamides is 1. The molecule has 168 valence electrons. The molecule has 9 heteroatoms. The Labute approximate surface area is 179 Å². The van der Waals surface area contributed by atoms with E-state index in [2.05, 4.69) is 29.0 Å². The first-order valence-electron chi connectivity index (χ1n) is 10.7. The number of piperidine rings is 1. The van der Waals surface area contributed by atoms with E-state index in [4.69, 9.17) is 9.88 Å². The summed E-state index contributed by atoms with van der Waals surface area (Å²) in [5, 5.41) is 7.90. The average Bonchev–Trinajstić information content (AvgIpc) is 2.66. The monoisotopic (exact) mass is 438 g/mol. The van der Waals surface area contributed by atoms with Crippen LogP contribution in [-0.2, 0) is 19.6 Å². The minimum absolute atomic E-state index is 0.00794. The molecule has 2 aliphatic heterocycles. The lowest BCUT2D eigenvalue weighted by Crippen LogP contribution is -2.48. The maximum Gasteiger partial charge on any atom is 0.238 e. The number of nitrogens with two attached hydrogens (primary N) is 1. The summed E-state index contributed by atoms with van der Waals surface area (Å²) in [5.41, 5.74) is 0.444. The van der Waals surface area contributed by atoms with E-state index < -0.39 is 10.0 Å². The Morgan fingerprint density at radius 2 is 1.83 bits per heavy atom. The van der Waals surface area contributed by atoms with Gasteiger partial charge in [0.2, 0.25) is 15.9 Å². The number of carbonyl (C=O) groups is 1. The Morgan fingerprint density at radius 1 is 1.17 bits per heavy atom. The topological polar surface area (TPSA) is 105 Å². The first kappa shape index (κ1) is 23.1. The molecule has 2 aliphatic rings. The highest BCUT2D eigenvalue weighted by Gasteiger charge is 2.26. The molecule has 2 heterocycles. The number of morpholine rings is 1. The first-order valence-corrected chi connectivity index (χ1v) is 12.3. The Kier molecular flexibility index (Phi) is 7.86. The number of carbonyl (C=O) groups excluding carboxylic acids is 1. The van der Waals surface area contributed by atoms with Crippen LogP contribution in [0.4, 0.5) is 5.69 Å². The number of hydrogen-bond donors (Lipinski definition) is 2. The van der Waals surface area contributed by atoms with Crippen LogP contribution >= 0.6 is 0 Å². The number of primary sulfonamides is 1. The number of likely N-dealkylation sites (tertiary alicyclic amines) is 1. The lowest BCUT2D eigenvalue weighted by Gasteiger charge is -2.39. The van der Waals surface area contributed by atoms with Crippen LogP contribution < -0.4 is 10.5 Å². The first-order chi connectivity index (χ1) is 14.2. The Hall–Kier alpha value is -1.52. The molecule has 2 fully saturated rings. The van der Waals surface area contributed by atoms with E-state index in [0.717, 1.165) is 45.6 Å². The van der Waals surface area contributed by atoms with E-state index in [1.165, 1.54) is 12.1 Å². The Morgan fingerprint density at radius 3 is 2.47 bits per heavy atom. The van der Waals surface area contributed by atoms with E-state index in [1.54, 1.807) is 12.1 Å². The zero-order valence-electron chi connectivity index (χ0n) is 17.9. The zero-order chi connectivity index (χ0) is 21.7. The molecule has 0 aromatic heterocycles. The second kappa shape index (κ2) is 10.2. The zero-order valence-corrected chi connectivity index (χ0v) is 18.7. The predicted molar refractivity (Wildman–Crippen MR) is 117 cm³/mol. The summed E-state index contributed by atoms with van der Waals surface area (Å²) in [7, 11) is -3.78. The van der Waals surface area contributed by atoms with Gasteiger partial charge in [-0.25, -0.2) is 13.6 Å². The molecule has 2 atom stereocenters. The number of benzene rings is 1. The van der Waals surface area contributed by atoms with Crippen LogP contribution in [0.25, 0.3) is 0 Å². The minimum Gasteiger partial charge on any atom is -0.373 e. The lowest BCUT2D eigenvalue weighted by atomic mass is 9.95. The third-order valence-electron chi connectivity index (χ3n) is 5.82. The molecular formula is C21H34N4O4S. The standard InChI is InChI=1S/C21H34N4O4S/c1-16-13-25(14-17(2)29-16)15-18-6-9-24(10-7-18)11-8-21(26)23-19-4-3-5-20(12-19)30(22,27)28/h3-5,12,16-18H,6-11,13-15H2,1-2H3,(H,23,26)(H2,22,27,28). The van der Waals surface area contributed by atoms with Gasteiger partial charge in [0.15, 0.2) is 0 Å². The van der Waals surface area contributed by atoms with Crippen LogP contribution in [0, 0.1) is 5.92 Å². The van der Waals surface area contributed by atoms with Crippen molar-refractivity contribution < 1.29 is 17.9 Å². The van der Waals surface area contributed by atoms with Gasteiger partial charge in [-0.2, -0.15) is 0 Å². The molecule has 0 radical (unpaired) electrons. The molecule has 0 bridgehead atoms. The summed E-state index contributed by atoms with van der Waals surface area (Å²) in [6.45, 7) is 10.2. The maximum absolute atomic E-state index is 12.3. The van der Waals surface area contributed by atoms with Gasteiger partial charge >= 0.3 is 0 Å². The van der Waals surface area contributed by atoms with Gasteiger partial charge in [-0.15, -0.1) is 0 Å². The quantitative estimate of drug-likeness (QED) is 0.668. The molecule has 1 aromatic carbocycles. The van der Waals surface area contributed by atoms with Gasteiger partial charge < -0.3 is 15.0 Å². The van der Waals surface area contributed by atoms with Crippen molar-refractivity contribution in [3.05, 3.63) is 24.3 Å². The van der Waals surface area contributed by atoms with E-state index in [9.17, 15) is 13.2 Å². The van der Waals surface area contributed by atoms with E-state index >= 15 is 0 Å². The molecule has 3 N–H and O–H groups in total. The molecule has 0 aliphatic carbocycles. The molecule has 3 rings (SSSR count). The number of amides is 1. The number of hydrogen-bond acceptors (Lipinski definition) is 6. The molecule has 0 spiro atoms. The SMILES string of the molecule is CC1CN(CC2CCN(CCC(=O)Nc3cccc(S(N)(=O)=O)c3)CC2)CC(C)O1. The third kappa shape index (κ3) is 7.02. The molecule has 2 unspecified atom stereocenters. The Bertz CT molecular complexity index is 814. The number of anilines is 1. The summed E-state index contributed by atoms with van der Waals surface area (Å²) in [6, 6.07) is 6.01. The van der Waals surface area contributed by atoms with Crippen molar-refractivity contribution in [1.29, 1.82) is 0 Å². The Balaban J connectivity index is 1.38. The van der Waals surface area contributed by atoms with Crippen LogP contribution in [0.1, 0.15) is 33.1 Å². The molecular weight excluding hydrogens is 404 g/mol. The minimum atomic E-state index is -3.78. The molecule has 1 amide bonds. The molecule has 0 saturated carbocycles. The van der Waals surface area contributed by atoms with Gasteiger partial charge in [0.05, 0.1) is 17.1 Å². The van der Waals surface area contributed by atoms with Crippen LogP contribution in [0.2, 0.25) is 0 Å². The fraction of sp³-hybridized carbons (Fsp3) is 0.667. The number of nitrogens with one attached hydrogen (secondary N) is 1. The fourth-order valence-electron chi connectivity index (χ4n) is 4.43. The van der Waals surface area contributed by atoms with Gasteiger partial charge in [0, 0.05) is 38.3 Å². The van der Waals surface area contributed by atoms with Crippen molar-refractivity contribution in [3.8, 4) is 0 Å². The molecule has 1 aromatic rings. The van der Waals surface area contributed by atoms with Crippen molar-refractivity contribution in [2.75, 3.05) is 44.6 Å². The van der Waals surface area contributed by atoms with Crippen LogP contribution in [0.5, 0.6) is 0 Å². The second-order valence-electron chi connectivity index (χ2n) is 8.63. The van der Waals surface area contributed by atoms with Crippen molar-refractivity contribution in [2.45, 2.75) is 50.2 Å². The highest BCUT2D eigenvalue weighted by molar-refractivity contribution is 7.89. The fourth-order valence-corrected chi connectivity index (χ4v) is 4.98.